The molecule has 0 radical (unpaired) electrons. The summed E-state index contributed by atoms with van der Waals surface area (Å²) in [6, 6.07) is 3.87. The summed E-state index contributed by atoms with van der Waals surface area (Å²) in [5, 5.41) is 81.6. The van der Waals surface area contributed by atoms with E-state index in [1.54, 1.807) is 6.07 Å². The number of likely N-dealkylation sites (tertiary alicyclic amines) is 1. The summed E-state index contributed by atoms with van der Waals surface area (Å²) < 4.78 is 23.4. The molecule has 12 atom stereocenters. The Morgan fingerprint density at radius 1 is 0.805 bits per heavy atom. The lowest BCUT2D eigenvalue weighted by atomic mass is 9.75. The van der Waals surface area contributed by atoms with Crippen molar-refractivity contribution in [1.82, 2.24) is 4.90 Å². The largest absolute Gasteiger partial charge is 0.458 e. The van der Waals surface area contributed by atoms with Crippen LogP contribution in [0.1, 0.15) is 37.3 Å². The van der Waals surface area contributed by atoms with Crippen LogP contribution in [-0.2, 0) is 22.3 Å². The van der Waals surface area contributed by atoms with Crippen LogP contribution in [0.4, 0.5) is 0 Å². The number of benzene rings is 1. The molecule has 232 valence electrons. The van der Waals surface area contributed by atoms with E-state index in [9.17, 15) is 40.9 Å². The SMILES string of the molecule is CCCN1CCC[C@@H]2Cc3c(ccc(O[C@@H]4O[C@H](CO)[C@@H](O)[C@H](O)[C@H]4O)c3O[C@@H]3O[C@H](CO)[C@@H](O)[C@H](O)[C@H]3O)C[C@H]21. The Bertz CT molecular complexity index is 1020. The molecule has 3 saturated heterocycles. The average molecular weight is 586 g/mol. The number of rotatable bonds is 8. The molecule has 3 heterocycles. The van der Waals surface area contributed by atoms with Crippen LogP contribution in [0, 0.1) is 5.92 Å². The van der Waals surface area contributed by atoms with Crippen molar-refractivity contribution in [3.63, 3.8) is 0 Å². The lowest BCUT2D eigenvalue weighted by molar-refractivity contribution is -0.282. The van der Waals surface area contributed by atoms with E-state index in [-0.39, 0.29) is 11.5 Å². The Morgan fingerprint density at radius 2 is 1.41 bits per heavy atom. The van der Waals surface area contributed by atoms with Crippen molar-refractivity contribution in [3.05, 3.63) is 23.3 Å². The molecule has 13 nitrogen and oxygen atoms in total. The van der Waals surface area contributed by atoms with Crippen LogP contribution < -0.4 is 9.47 Å². The van der Waals surface area contributed by atoms with Gasteiger partial charge in [-0.3, -0.25) is 4.90 Å². The Labute approximate surface area is 238 Å². The van der Waals surface area contributed by atoms with E-state index < -0.39 is 74.6 Å². The first kappa shape index (κ1) is 30.8. The predicted molar refractivity (Wildman–Crippen MR) is 141 cm³/mol. The highest BCUT2D eigenvalue weighted by Crippen LogP contribution is 2.44. The summed E-state index contributed by atoms with van der Waals surface area (Å²) in [7, 11) is 0. The fourth-order valence-corrected chi connectivity index (χ4v) is 6.65. The van der Waals surface area contributed by atoms with Gasteiger partial charge in [0.1, 0.15) is 48.8 Å². The van der Waals surface area contributed by atoms with E-state index in [4.69, 9.17) is 18.9 Å². The minimum absolute atomic E-state index is 0.0877. The zero-order valence-electron chi connectivity index (χ0n) is 23.1. The second-order valence-corrected chi connectivity index (χ2v) is 11.6. The number of fused-ring (bicyclic) bond motifs is 2. The lowest BCUT2D eigenvalue weighted by Gasteiger charge is -2.45. The van der Waals surface area contributed by atoms with Crippen molar-refractivity contribution >= 4 is 0 Å². The van der Waals surface area contributed by atoms with Crippen LogP contribution in [-0.4, -0.2) is 140 Å². The van der Waals surface area contributed by atoms with Crippen molar-refractivity contribution in [3.8, 4) is 11.5 Å². The maximum absolute atomic E-state index is 10.7. The second-order valence-electron chi connectivity index (χ2n) is 11.6. The van der Waals surface area contributed by atoms with Crippen molar-refractivity contribution in [2.45, 2.75) is 106 Å². The molecule has 1 aromatic rings. The highest BCUT2D eigenvalue weighted by Gasteiger charge is 2.47. The number of piperidine rings is 1. The van der Waals surface area contributed by atoms with Crippen LogP contribution >= 0.6 is 0 Å². The summed E-state index contributed by atoms with van der Waals surface area (Å²) in [4.78, 5) is 2.52. The third-order valence-electron chi connectivity index (χ3n) is 8.94. The zero-order valence-corrected chi connectivity index (χ0v) is 23.1. The molecule has 8 N–H and O–H groups in total. The molecule has 0 amide bonds. The Kier molecular flexibility index (Phi) is 9.73. The Balaban J connectivity index is 1.49. The van der Waals surface area contributed by atoms with E-state index in [0.29, 0.717) is 18.4 Å². The Hall–Kier alpha value is -1.62. The maximum Gasteiger partial charge on any atom is 0.229 e. The third kappa shape index (κ3) is 5.95. The minimum atomic E-state index is -1.66. The van der Waals surface area contributed by atoms with Gasteiger partial charge in [0.2, 0.25) is 12.6 Å². The molecule has 3 fully saturated rings. The van der Waals surface area contributed by atoms with Crippen molar-refractivity contribution in [2.24, 2.45) is 5.92 Å². The number of hydrogen-bond donors (Lipinski definition) is 8. The van der Waals surface area contributed by atoms with Gasteiger partial charge in [-0.05, 0) is 62.7 Å². The second kappa shape index (κ2) is 12.9. The molecule has 0 spiro atoms. The smallest absolute Gasteiger partial charge is 0.229 e. The van der Waals surface area contributed by atoms with Gasteiger partial charge in [-0.25, -0.2) is 0 Å². The lowest BCUT2D eigenvalue weighted by Crippen LogP contribution is -2.60. The summed E-state index contributed by atoms with van der Waals surface area (Å²) in [6.45, 7) is 2.96. The quantitative estimate of drug-likeness (QED) is 0.161. The average Bonchev–Trinajstić information content (AvgIpc) is 2.98. The number of hydrogen-bond acceptors (Lipinski definition) is 13. The van der Waals surface area contributed by atoms with E-state index >= 15 is 0 Å². The molecule has 0 unspecified atom stereocenters. The molecule has 0 aromatic heterocycles. The number of aliphatic hydroxyl groups is 8. The minimum Gasteiger partial charge on any atom is -0.458 e. The van der Waals surface area contributed by atoms with Gasteiger partial charge in [-0.2, -0.15) is 0 Å². The number of nitrogens with zero attached hydrogens (tertiary/aromatic N) is 1. The van der Waals surface area contributed by atoms with Crippen LogP contribution in [0.15, 0.2) is 12.1 Å². The zero-order chi connectivity index (χ0) is 29.4. The molecule has 1 aliphatic carbocycles. The van der Waals surface area contributed by atoms with E-state index in [0.717, 1.165) is 49.9 Å². The van der Waals surface area contributed by atoms with Crippen molar-refractivity contribution in [1.29, 1.82) is 0 Å². The van der Waals surface area contributed by atoms with Crippen molar-refractivity contribution < 1.29 is 59.8 Å². The first-order chi connectivity index (χ1) is 19.7. The normalized spacial score (nSPS) is 41.4. The van der Waals surface area contributed by atoms with E-state index in [2.05, 4.69) is 11.8 Å². The summed E-state index contributed by atoms with van der Waals surface area (Å²) in [6.07, 6.45) is -10.5. The highest BCUT2D eigenvalue weighted by atomic mass is 16.7. The van der Waals surface area contributed by atoms with Crippen molar-refractivity contribution in [2.75, 3.05) is 26.3 Å². The van der Waals surface area contributed by atoms with Gasteiger partial charge in [-0.15, -0.1) is 0 Å². The van der Waals surface area contributed by atoms with Crippen LogP contribution in [0.25, 0.3) is 0 Å². The molecule has 5 rings (SSSR count). The van der Waals surface area contributed by atoms with Gasteiger partial charge in [-0.1, -0.05) is 13.0 Å². The van der Waals surface area contributed by atoms with Gasteiger partial charge in [0.25, 0.3) is 0 Å². The summed E-state index contributed by atoms with van der Waals surface area (Å²) in [5.74, 6) is 0.585. The number of aliphatic hydroxyl groups excluding tert-OH is 8. The molecule has 41 heavy (non-hydrogen) atoms. The topological polar surface area (TPSA) is 202 Å². The van der Waals surface area contributed by atoms with Crippen LogP contribution in [0.5, 0.6) is 11.5 Å². The Morgan fingerprint density at radius 3 is 2.00 bits per heavy atom. The highest BCUT2D eigenvalue weighted by molar-refractivity contribution is 5.53. The van der Waals surface area contributed by atoms with Gasteiger partial charge >= 0.3 is 0 Å². The standard InChI is InChI=1S/C28H43NO12/c1-2-7-29-8-3-4-14-9-15-13(10-16(14)29)5-6-17(38-27-24(36)22(34)20(32)18(11-30)39-27)26(15)41-28-25(37)23(35)21(33)19(12-31)40-28/h5-6,14,16,18-25,27-28,30-37H,2-4,7-12H2,1H3/t14-,16-,18-,19-,20-,21-,22+,23+,24-,25-,27-,28+/m1/s1. The van der Waals surface area contributed by atoms with Gasteiger partial charge in [0, 0.05) is 11.6 Å². The molecule has 0 saturated carbocycles. The molecule has 13 heteroatoms. The number of ether oxygens (including phenoxy) is 4. The van der Waals surface area contributed by atoms with Gasteiger partial charge in [0.15, 0.2) is 11.5 Å². The first-order valence-corrected chi connectivity index (χ1v) is 14.5. The molecule has 1 aromatic carbocycles. The summed E-state index contributed by atoms with van der Waals surface area (Å²) in [5.41, 5.74) is 1.79. The molecule has 4 aliphatic rings. The molecule has 3 aliphatic heterocycles. The third-order valence-corrected chi connectivity index (χ3v) is 8.94. The van der Waals surface area contributed by atoms with E-state index in [1.165, 1.54) is 0 Å². The first-order valence-electron chi connectivity index (χ1n) is 14.5. The fraction of sp³-hybridized carbons (Fsp3) is 0.786. The maximum atomic E-state index is 10.7. The van der Waals surface area contributed by atoms with E-state index in [1.807, 2.05) is 6.07 Å². The fourth-order valence-electron chi connectivity index (χ4n) is 6.65. The van der Waals surface area contributed by atoms with Crippen LogP contribution in [0.2, 0.25) is 0 Å². The summed E-state index contributed by atoms with van der Waals surface area (Å²) >= 11 is 0. The van der Waals surface area contributed by atoms with Gasteiger partial charge < -0.3 is 59.8 Å². The molecule has 0 bridgehead atoms. The molecular weight excluding hydrogens is 542 g/mol. The molecular formula is C28H43NO12. The predicted octanol–water partition coefficient (Wildman–Crippen LogP) is -2.37. The van der Waals surface area contributed by atoms with Crippen LogP contribution in [0.3, 0.4) is 0 Å². The monoisotopic (exact) mass is 585 g/mol. The van der Waals surface area contributed by atoms with Gasteiger partial charge in [0.05, 0.1) is 13.2 Å².